The summed E-state index contributed by atoms with van der Waals surface area (Å²) < 4.78 is 10.7. The number of rotatable bonds is 6. The molecule has 3 rings (SSSR count). The van der Waals surface area contributed by atoms with Gasteiger partial charge in [0.25, 0.3) is 5.91 Å². The van der Waals surface area contributed by atoms with Gasteiger partial charge in [0.1, 0.15) is 6.10 Å². The molecule has 2 saturated heterocycles. The Morgan fingerprint density at radius 1 is 1.23 bits per heavy atom. The van der Waals surface area contributed by atoms with Crippen molar-refractivity contribution in [2.24, 2.45) is 11.1 Å². The van der Waals surface area contributed by atoms with Crippen LogP contribution in [0.3, 0.4) is 0 Å². The van der Waals surface area contributed by atoms with E-state index in [1.807, 2.05) is 24.3 Å². The first-order valence-corrected chi connectivity index (χ1v) is 9.20. The van der Waals surface area contributed by atoms with Crippen LogP contribution < -0.4 is 16.4 Å². The molecule has 142 valence electrons. The molecule has 7 nitrogen and oxygen atoms in total. The van der Waals surface area contributed by atoms with E-state index in [-0.39, 0.29) is 17.9 Å². The molecule has 2 heterocycles. The summed E-state index contributed by atoms with van der Waals surface area (Å²) in [6.07, 6.45) is 2.60. The quantitative estimate of drug-likeness (QED) is 0.706. The van der Waals surface area contributed by atoms with Crippen molar-refractivity contribution in [1.29, 1.82) is 0 Å². The van der Waals surface area contributed by atoms with Crippen LogP contribution in [0.25, 0.3) is 0 Å². The van der Waals surface area contributed by atoms with Crippen molar-refractivity contribution in [3.63, 3.8) is 0 Å². The lowest BCUT2D eigenvalue weighted by molar-refractivity contribution is -0.136. The molecular formula is C19H27N3O4. The Bertz CT molecular complexity index is 637. The number of benzene rings is 1. The van der Waals surface area contributed by atoms with Gasteiger partial charge in [-0.1, -0.05) is 12.1 Å². The van der Waals surface area contributed by atoms with Crippen molar-refractivity contribution in [3.8, 4) is 0 Å². The molecule has 1 unspecified atom stereocenters. The van der Waals surface area contributed by atoms with E-state index in [9.17, 15) is 9.59 Å². The van der Waals surface area contributed by atoms with Crippen molar-refractivity contribution in [1.82, 2.24) is 5.32 Å². The molecule has 0 aromatic heterocycles. The molecule has 1 aromatic rings. The number of amides is 2. The number of carbonyl (C=O) groups excluding carboxylic acids is 2. The van der Waals surface area contributed by atoms with Crippen LogP contribution in [-0.4, -0.2) is 44.3 Å². The van der Waals surface area contributed by atoms with Crippen molar-refractivity contribution in [2.45, 2.75) is 38.3 Å². The van der Waals surface area contributed by atoms with E-state index in [0.717, 1.165) is 18.4 Å². The zero-order valence-electron chi connectivity index (χ0n) is 15.0. The Balaban J connectivity index is 1.56. The minimum Gasteiger partial charge on any atom is -0.381 e. The zero-order chi connectivity index (χ0) is 18.4. The van der Waals surface area contributed by atoms with Gasteiger partial charge in [-0.05, 0) is 43.4 Å². The lowest BCUT2D eigenvalue weighted by Crippen LogP contribution is -2.48. The highest BCUT2D eigenvalue weighted by atomic mass is 16.5. The number of hydrogen-bond donors (Lipinski definition) is 3. The monoisotopic (exact) mass is 361 g/mol. The molecule has 2 aliphatic rings. The van der Waals surface area contributed by atoms with Crippen molar-refractivity contribution in [2.75, 3.05) is 31.7 Å². The average molecular weight is 361 g/mol. The normalized spacial score (nSPS) is 22.0. The summed E-state index contributed by atoms with van der Waals surface area (Å²) in [5.41, 5.74) is 6.96. The molecule has 2 aliphatic heterocycles. The first kappa shape index (κ1) is 18.8. The Labute approximate surface area is 153 Å². The molecule has 0 spiro atoms. The highest BCUT2D eigenvalue weighted by Crippen LogP contribution is 2.29. The minimum atomic E-state index is -0.538. The van der Waals surface area contributed by atoms with Crippen LogP contribution in [-0.2, 0) is 25.6 Å². The lowest BCUT2D eigenvalue weighted by atomic mass is 9.79. The molecule has 7 heteroatoms. The predicted molar refractivity (Wildman–Crippen MR) is 97.4 cm³/mol. The second-order valence-corrected chi connectivity index (χ2v) is 6.97. The molecule has 4 N–H and O–H groups in total. The van der Waals surface area contributed by atoms with E-state index in [2.05, 4.69) is 10.6 Å². The molecule has 0 bridgehead atoms. The van der Waals surface area contributed by atoms with Crippen molar-refractivity contribution >= 4 is 17.5 Å². The second-order valence-electron chi connectivity index (χ2n) is 6.97. The number of nitrogens with two attached hydrogens (primary N) is 1. The first-order chi connectivity index (χ1) is 12.6. The van der Waals surface area contributed by atoms with Gasteiger partial charge in [0.2, 0.25) is 5.91 Å². The van der Waals surface area contributed by atoms with Crippen LogP contribution in [0.5, 0.6) is 0 Å². The van der Waals surface area contributed by atoms with E-state index in [0.29, 0.717) is 51.4 Å². The second kappa shape index (κ2) is 8.62. The lowest BCUT2D eigenvalue weighted by Gasteiger charge is -2.34. The molecule has 2 fully saturated rings. The maximum atomic E-state index is 12.6. The third-order valence-corrected chi connectivity index (χ3v) is 5.19. The van der Waals surface area contributed by atoms with Gasteiger partial charge >= 0.3 is 0 Å². The van der Waals surface area contributed by atoms with Gasteiger partial charge in [-0.15, -0.1) is 0 Å². The molecule has 1 atom stereocenters. The van der Waals surface area contributed by atoms with Crippen LogP contribution in [0.1, 0.15) is 31.2 Å². The number of ether oxygens (including phenoxy) is 2. The molecule has 0 saturated carbocycles. The summed E-state index contributed by atoms with van der Waals surface area (Å²) in [4.78, 5) is 24.8. The first-order valence-electron chi connectivity index (χ1n) is 9.20. The summed E-state index contributed by atoms with van der Waals surface area (Å²) >= 11 is 0. The van der Waals surface area contributed by atoms with Gasteiger partial charge in [-0.2, -0.15) is 0 Å². The van der Waals surface area contributed by atoms with Crippen LogP contribution in [0.4, 0.5) is 5.69 Å². The average Bonchev–Trinajstić information content (AvgIpc) is 3.22. The van der Waals surface area contributed by atoms with E-state index in [1.54, 1.807) is 0 Å². The highest BCUT2D eigenvalue weighted by Gasteiger charge is 2.38. The van der Waals surface area contributed by atoms with Crippen LogP contribution in [0.2, 0.25) is 0 Å². The van der Waals surface area contributed by atoms with Gasteiger partial charge in [0.05, 0.1) is 5.41 Å². The summed E-state index contributed by atoms with van der Waals surface area (Å²) in [5, 5.41) is 5.86. The predicted octanol–water partition coefficient (Wildman–Crippen LogP) is 1.18. The van der Waals surface area contributed by atoms with E-state index >= 15 is 0 Å². The topological polar surface area (TPSA) is 103 Å². The zero-order valence-corrected chi connectivity index (χ0v) is 15.0. The standard InChI is InChI=1S/C19H27N3O4/c20-13-19(6-9-25-10-7-19)18(24)21-12-14-3-1-4-15(11-14)22-17(23)16-5-2-8-26-16/h1,3-4,11,16H,2,5-10,12-13,20H2,(H,21,24)(H,22,23). The van der Waals surface area contributed by atoms with Crippen molar-refractivity contribution in [3.05, 3.63) is 29.8 Å². The third-order valence-electron chi connectivity index (χ3n) is 5.19. The fourth-order valence-corrected chi connectivity index (χ4v) is 3.42. The molecule has 1 aromatic carbocycles. The summed E-state index contributed by atoms with van der Waals surface area (Å²) in [7, 11) is 0. The van der Waals surface area contributed by atoms with E-state index in [4.69, 9.17) is 15.2 Å². The highest BCUT2D eigenvalue weighted by molar-refractivity contribution is 5.94. The number of nitrogens with one attached hydrogen (secondary N) is 2. The Hall–Kier alpha value is -1.96. The number of hydrogen-bond acceptors (Lipinski definition) is 5. The molecule has 0 radical (unpaired) electrons. The minimum absolute atomic E-state index is 0.0305. The van der Waals surface area contributed by atoms with E-state index in [1.165, 1.54) is 0 Å². The maximum absolute atomic E-state index is 12.6. The van der Waals surface area contributed by atoms with Gasteiger partial charge in [-0.3, -0.25) is 9.59 Å². The third kappa shape index (κ3) is 4.41. The largest absolute Gasteiger partial charge is 0.381 e. The fraction of sp³-hybridized carbons (Fsp3) is 0.579. The number of carbonyl (C=O) groups is 2. The molecule has 2 amide bonds. The SMILES string of the molecule is NCC1(C(=O)NCc2cccc(NC(=O)C3CCCO3)c2)CCOCC1. The maximum Gasteiger partial charge on any atom is 0.253 e. The Morgan fingerprint density at radius 3 is 2.73 bits per heavy atom. The number of anilines is 1. The Morgan fingerprint density at radius 2 is 2.04 bits per heavy atom. The van der Waals surface area contributed by atoms with Gasteiger partial charge < -0.3 is 25.8 Å². The molecule has 26 heavy (non-hydrogen) atoms. The van der Waals surface area contributed by atoms with Crippen molar-refractivity contribution < 1.29 is 19.1 Å². The Kier molecular flexibility index (Phi) is 6.24. The molecule has 0 aliphatic carbocycles. The van der Waals surface area contributed by atoms with Gasteiger partial charge in [0, 0.05) is 38.6 Å². The van der Waals surface area contributed by atoms with Crippen LogP contribution in [0.15, 0.2) is 24.3 Å². The van der Waals surface area contributed by atoms with Crippen LogP contribution >= 0.6 is 0 Å². The summed E-state index contributed by atoms with van der Waals surface area (Å²) in [6, 6.07) is 7.48. The summed E-state index contributed by atoms with van der Waals surface area (Å²) in [6.45, 7) is 2.48. The smallest absolute Gasteiger partial charge is 0.253 e. The van der Waals surface area contributed by atoms with Gasteiger partial charge in [-0.25, -0.2) is 0 Å². The fourth-order valence-electron chi connectivity index (χ4n) is 3.42. The molecular weight excluding hydrogens is 334 g/mol. The van der Waals surface area contributed by atoms with Gasteiger partial charge in [0.15, 0.2) is 0 Å². The van der Waals surface area contributed by atoms with Crippen LogP contribution in [0, 0.1) is 5.41 Å². The summed E-state index contributed by atoms with van der Waals surface area (Å²) in [5.74, 6) is -0.148. The van der Waals surface area contributed by atoms with E-state index < -0.39 is 5.41 Å².